The Balaban J connectivity index is 1.46. The van der Waals surface area contributed by atoms with Crippen LogP contribution in [0.5, 0.6) is 0 Å². The zero-order chi connectivity index (χ0) is 16.8. The van der Waals surface area contributed by atoms with Crippen molar-refractivity contribution in [2.75, 3.05) is 6.54 Å². The Morgan fingerprint density at radius 2 is 2.08 bits per heavy atom. The Labute approximate surface area is 145 Å². The number of amides is 1. The van der Waals surface area contributed by atoms with Gasteiger partial charge >= 0.3 is 0 Å². The SMILES string of the molecule is O=C(c1cnc2c(c1)ncn2C1CC1)N1CCCC1c1cccnc1. The summed E-state index contributed by atoms with van der Waals surface area (Å²) in [6, 6.07) is 6.48. The Kier molecular flexibility index (Phi) is 3.29. The minimum absolute atomic E-state index is 0.0294. The van der Waals surface area contributed by atoms with Gasteiger partial charge in [-0.3, -0.25) is 9.78 Å². The lowest BCUT2D eigenvalue weighted by molar-refractivity contribution is 0.0735. The minimum atomic E-state index is 0.0294. The van der Waals surface area contributed by atoms with E-state index >= 15 is 0 Å². The first kappa shape index (κ1) is 14.6. The van der Waals surface area contributed by atoms with Crippen LogP contribution in [0.15, 0.2) is 43.1 Å². The highest BCUT2D eigenvalue weighted by Gasteiger charge is 2.31. The van der Waals surface area contributed by atoms with Crippen LogP contribution in [0.3, 0.4) is 0 Å². The fraction of sp³-hybridized carbons (Fsp3) is 0.368. The van der Waals surface area contributed by atoms with E-state index < -0.39 is 0 Å². The Bertz CT molecular complexity index is 931. The van der Waals surface area contributed by atoms with Crippen molar-refractivity contribution in [3.63, 3.8) is 0 Å². The quantitative estimate of drug-likeness (QED) is 0.739. The zero-order valence-electron chi connectivity index (χ0n) is 13.9. The largest absolute Gasteiger partial charge is 0.331 e. The maximum Gasteiger partial charge on any atom is 0.256 e. The van der Waals surface area contributed by atoms with E-state index in [1.807, 2.05) is 35.6 Å². The van der Waals surface area contributed by atoms with Gasteiger partial charge in [-0.15, -0.1) is 0 Å². The van der Waals surface area contributed by atoms with E-state index in [2.05, 4.69) is 19.5 Å². The number of likely N-dealkylation sites (tertiary alicyclic amines) is 1. The van der Waals surface area contributed by atoms with Gasteiger partial charge < -0.3 is 9.47 Å². The van der Waals surface area contributed by atoms with Crippen molar-refractivity contribution >= 4 is 17.1 Å². The first-order valence-electron chi connectivity index (χ1n) is 8.85. The summed E-state index contributed by atoms with van der Waals surface area (Å²) in [5, 5.41) is 0. The fourth-order valence-corrected chi connectivity index (χ4v) is 3.75. The van der Waals surface area contributed by atoms with Crippen LogP contribution < -0.4 is 0 Å². The molecule has 4 heterocycles. The number of nitrogens with zero attached hydrogens (tertiary/aromatic N) is 5. The highest BCUT2D eigenvalue weighted by Crippen LogP contribution is 2.37. The van der Waals surface area contributed by atoms with E-state index in [1.165, 1.54) is 12.8 Å². The third kappa shape index (κ3) is 2.49. The van der Waals surface area contributed by atoms with E-state index in [0.717, 1.165) is 36.1 Å². The number of imidazole rings is 1. The van der Waals surface area contributed by atoms with Gasteiger partial charge in [0.2, 0.25) is 0 Å². The number of hydrogen-bond acceptors (Lipinski definition) is 4. The molecule has 1 aliphatic carbocycles. The van der Waals surface area contributed by atoms with Crippen LogP contribution in [0.2, 0.25) is 0 Å². The van der Waals surface area contributed by atoms with Gasteiger partial charge in [0.1, 0.15) is 5.52 Å². The monoisotopic (exact) mass is 333 g/mol. The normalized spacial score (nSPS) is 20.3. The highest BCUT2D eigenvalue weighted by molar-refractivity contribution is 5.96. The van der Waals surface area contributed by atoms with Crippen LogP contribution >= 0.6 is 0 Å². The maximum atomic E-state index is 13.1. The molecule has 126 valence electrons. The van der Waals surface area contributed by atoms with Gasteiger partial charge in [0.15, 0.2) is 5.65 Å². The molecule has 6 heteroatoms. The molecule has 2 aliphatic rings. The standard InChI is InChI=1S/C19H19N5O/c25-19(23-8-2-4-17(23)13-3-1-7-20-10-13)14-9-16-18(21-11-14)24(12-22-16)15-5-6-15/h1,3,7,9-12,15,17H,2,4-6,8H2. The lowest BCUT2D eigenvalue weighted by Crippen LogP contribution is -2.30. The summed E-state index contributed by atoms with van der Waals surface area (Å²) < 4.78 is 2.12. The summed E-state index contributed by atoms with van der Waals surface area (Å²) in [6.07, 6.45) is 11.5. The molecule has 1 amide bonds. The van der Waals surface area contributed by atoms with Gasteiger partial charge in [0.05, 0.1) is 17.9 Å². The second kappa shape index (κ2) is 5.65. The lowest BCUT2D eigenvalue weighted by Gasteiger charge is -2.24. The summed E-state index contributed by atoms with van der Waals surface area (Å²) in [5.74, 6) is 0.0294. The summed E-state index contributed by atoms with van der Waals surface area (Å²) in [4.78, 5) is 28.2. The third-order valence-corrected chi connectivity index (χ3v) is 5.18. The molecule has 0 radical (unpaired) electrons. The molecule has 2 fully saturated rings. The third-order valence-electron chi connectivity index (χ3n) is 5.18. The molecule has 0 N–H and O–H groups in total. The summed E-state index contributed by atoms with van der Waals surface area (Å²) in [6.45, 7) is 0.771. The van der Waals surface area contributed by atoms with Gasteiger partial charge in [-0.1, -0.05) is 6.07 Å². The number of hydrogen-bond donors (Lipinski definition) is 0. The smallest absolute Gasteiger partial charge is 0.256 e. The Morgan fingerprint density at radius 1 is 1.16 bits per heavy atom. The average Bonchev–Trinajstić information content (AvgIpc) is 3.22. The summed E-state index contributed by atoms with van der Waals surface area (Å²) in [5.41, 5.74) is 3.39. The Hall–Kier alpha value is -2.76. The van der Waals surface area contributed by atoms with Gasteiger partial charge in [-0.2, -0.15) is 0 Å². The topological polar surface area (TPSA) is 63.9 Å². The first-order valence-corrected chi connectivity index (χ1v) is 8.85. The van der Waals surface area contributed by atoms with Gasteiger partial charge in [-0.25, -0.2) is 9.97 Å². The molecule has 25 heavy (non-hydrogen) atoms. The number of carbonyl (C=O) groups excluding carboxylic acids is 1. The fourth-order valence-electron chi connectivity index (χ4n) is 3.75. The van der Waals surface area contributed by atoms with Crippen LogP contribution in [-0.2, 0) is 0 Å². The van der Waals surface area contributed by atoms with Crippen molar-refractivity contribution in [2.45, 2.75) is 37.8 Å². The van der Waals surface area contributed by atoms with E-state index in [0.29, 0.717) is 11.6 Å². The van der Waals surface area contributed by atoms with E-state index in [9.17, 15) is 4.79 Å². The maximum absolute atomic E-state index is 13.1. The molecule has 1 aliphatic heterocycles. The molecule has 0 aromatic carbocycles. The molecular weight excluding hydrogens is 314 g/mol. The molecule has 3 aromatic rings. The van der Waals surface area contributed by atoms with Gasteiger partial charge in [0.25, 0.3) is 5.91 Å². The molecule has 3 aromatic heterocycles. The van der Waals surface area contributed by atoms with Gasteiger partial charge in [0, 0.05) is 31.2 Å². The lowest BCUT2D eigenvalue weighted by atomic mass is 10.1. The Morgan fingerprint density at radius 3 is 2.88 bits per heavy atom. The van der Waals surface area contributed by atoms with Crippen molar-refractivity contribution in [3.05, 3.63) is 54.2 Å². The molecule has 5 rings (SSSR count). The highest BCUT2D eigenvalue weighted by atomic mass is 16.2. The van der Waals surface area contributed by atoms with Crippen LogP contribution in [0.25, 0.3) is 11.2 Å². The zero-order valence-corrected chi connectivity index (χ0v) is 13.9. The molecule has 1 atom stereocenters. The van der Waals surface area contributed by atoms with Crippen molar-refractivity contribution in [3.8, 4) is 0 Å². The van der Waals surface area contributed by atoms with Crippen molar-refractivity contribution in [1.29, 1.82) is 0 Å². The molecule has 1 unspecified atom stereocenters. The van der Waals surface area contributed by atoms with Crippen LogP contribution in [0, 0.1) is 0 Å². The number of fused-ring (bicyclic) bond motifs is 1. The van der Waals surface area contributed by atoms with Crippen LogP contribution in [0.4, 0.5) is 0 Å². The average molecular weight is 333 g/mol. The number of rotatable bonds is 3. The minimum Gasteiger partial charge on any atom is -0.331 e. The molecule has 1 saturated carbocycles. The van der Waals surface area contributed by atoms with Crippen molar-refractivity contribution in [1.82, 2.24) is 24.4 Å². The summed E-state index contributed by atoms with van der Waals surface area (Å²) in [7, 11) is 0. The van der Waals surface area contributed by atoms with Crippen LogP contribution in [0.1, 0.15) is 53.7 Å². The predicted molar refractivity (Wildman–Crippen MR) is 93.0 cm³/mol. The molecule has 1 saturated heterocycles. The van der Waals surface area contributed by atoms with Gasteiger partial charge in [-0.05, 0) is 43.4 Å². The van der Waals surface area contributed by atoms with Crippen molar-refractivity contribution < 1.29 is 4.79 Å². The number of carbonyl (C=O) groups is 1. The predicted octanol–water partition coefficient (Wildman–Crippen LogP) is 3.14. The van der Waals surface area contributed by atoms with E-state index in [-0.39, 0.29) is 11.9 Å². The molecule has 0 spiro atoms. The van der Waals surface area contributed by atoms with Crippen molar-refractivity contribution in [2.24, 2.45) is 0 Å². The number of pyridine rings is 2. The molecule has 6 nitrogen and oxygen atoms in total. The second-order valence-corrected chi connectivity index (χ2v) is 6.89. The van der Waals surface area contributed by atoms with E-state index in [4.69, 9.17) is 0 Å². The molecular formula is C19H19N5O. The first-order chi connectivity index (χ1) is 12.3. The molecule has 0 bridgehead atoms. The summed E-state index contributed by atoms with van der Waals surface area (Å²) >= 11 is 0. The van der Waals surface area contributed by atoms with E-state index in [1.54, 1.807) is 12.4 Å². The number of aromatic nitrogens is 4. The van der Waals surface area contributed by atoms with Crippen LogP contribution in [-0.4, -0.2) is 36.9 Å². The second-order valence-electron chi connectivity index (χ2n) is 6.89.